The van der Waals surface area contributed by atoms with Crippen molar-refractivity contribution in [3.63, 3.8) is 0 Å². The highest BCUT2D eigenvalue weighted by molar-refractivity contribution is 7.92. The van der Waals surface area contributed by atoms with E-state index in [1.165, 1.54) is 12.3 Å². The molecule has 1 aromatic heterocycles. The van der Waals surface area contributed by atoms with Crippen molar-refractivity contribution >= 4 is 15.7 Å². The minimum Gasteiger partial charge on any atom is -0.492 e. The predicted molar refractivity (Wildman–Crippen MR) is 71.7 cm³/mol. The van der Waals surface area contributed by atoms with Gasteiger partial charge in [0.25, 0.3) is 10.0 Å². The number of nitrogens with zero attached hydrogens (tertiary/aromatic N) is 1. The molecular weight excluding hydrogens is 285 g/mol. The molecule has 0 atom stereocenters. The highest BCUT2D eigenvalue weighted by Crippen LogP contribution is 2.27. The number of anilines is 1. The molecule has 8 heteroatoms. The number of H-pyrrole nitrogens is 1. The van der Waals surface area contributed by atoms with Crippen LogP contribution in [0.5, 0.6) is 5.75 Å². The lowest BCUT2D eigenvalue weighted by Gasteiger charge is -2.12. The number of rotatable bonds is 5. The van der Waals surface area contributed by atoms with Gasteiger partial charge in [0, 0.05) is 6.07 Å². The Kier molecular flexibility index (Phi) is 3.93. The molecule has 0 aliphatic rings. The highest BCUT2D eigenvalue weighted by atomic mass is 32.2. The molecule has 0 bridgehead atoms. The number of hydrogen-bond acceptors (Lipinski definition) is 4. The Balaban J connectivity index is 2.34. The van der Waals surface area contributed by atoms with E-state index in [0.717, 1.165) is 12.1 Å². The molecule has 0 aliphatic carbocycles. The maximum absolute atomic E-state index is 13.2. The SMILES string of the molecule is CCOc1cc(F)ccc1NS(=O)(=O)c1cnc(C)[nH]1. The molecule has 108 valence electrons. The minimum absolute atomic E-state index is 0.0678. The van der Waals surface area contributed by atoms with Gasteiger partial charge in [-0.2, -0.15) is 8.42 Å². The van der Waals surface area contributed by atoms with E-state index in [0.29, 0.717) is 12.4 Å². The van der Waals surface area contributed by atoms with Crippen LogP contribution < -0.4 is 9.46 Å². The summed E-state index contributed by atoms with van der Waals surface area (Å²) in [4.78, 5) is 6.45. The summed E-state index contributed by atoms with van der Waals surface area (Å²) >= 11 is 0. The molecule has 0 radical (unpaired) electrons. The third-order valence-electron chi connectivity index (χ3n) is 2.46. The molecule has 2 N–H and O–H groups in total. The quantitative estimate of drug-likeness (QED) is 0.885. The van der Waals surface area contributed by atoms with Crippen molar-refractivity contribution in [2.45, 2.75) is 18.9 Å². The molecule has 2 aromatic rings. The summed E-state index contributed by atoms with van der Waals surface area (Å²) in [6, 6.07) is 3.58. The molecule has 0 saturated heterocycles. The monoisotopic (exact) mass is 299 g/mol. The molecule has 0 saturated carbocycles. The van der Waals surface area contributed by atoms with Gasteiger partial charge in [0.2, 0.25) is 0 Å². The van der Waals surface area contributed by atoms with Gasteiger partial charge in [0.05, 0.1) is 18.5 Å². The Bertz CT molecular complexity index is 712. The zero-order valence-corrected chi connectivity index (χ0v) is 11.8. The fourth-order valence-corrected chi connectivity index (χ4v) is 2.63. The zero-order valence-electron chi connectivity index (χ0n) is 11.0. The van der Waals surface area contributed by atoms with Gasteiger partial charge < -0.3 is 9.72 Å². The maximum Gasteiger partial charge on any atom is 0.279 e. The first kappa shape index (κ1) is 14.3. The van der Waals surface area contributed by atoms with Crippen LogP contribution in [0.25, 0.3) is 0 Å². The van der Waals surface area contributed by atoms with Crippen LogP contribution in [0, 0.1) is 12.7 Å². The van der Waals surface area contributed by atoms with Crippen LogP contribution in [-0.2, 0) is 10.0 Å². The largest absolute Gasteiger partial charge is 0.492 e. The fourth-order valence-electron chi connectivity index (χ4n) is 1.59. The van der Waals surface area contributed by atoms with Crippen molar-refractivity contribution in [3.05, 3.63) is 36.0 Å². The average Bonchev–Trinajstić information content (AvgIpc) is 2.80. The lowest BCUT2D eigenvalue weighted by molar-refractivity contribution is 0.340. The number of imidazole rings is 1. The summed E-state index contributed by atoms with van der Waals surface area (Å²) < 4.78 is 45.0. The van der Waals surface area contributed by atoms with Crippen LogP contribution in [0.2, 0.25) is 0 Å². The predicted octanol–water partition coefficient (Wildman–Crippen LogP) is 2.06. The number of halogens is 1. The second kappa shape index (κ2) is 5.49. The highest BCUT2D eigenvalue weighted by Gasteiger charge is 2.19. The molecule has 0 aliphatic heterocycles. The number of aromatic nitrogens is 2. The second-order valence-electron chi connectivity index (χ2n) is 4.01. The van der Waals surface area contributed by atoms with E-state index in [4.69, 9.17) is 4.74 Å². The number of nitrogens with one attached hydrogen (secondary N) is 2. The van der Waals surface area contributed by atoms with Gasteiger partial charge in [0.15, 0.2) is 5.03 Å². The Morgan fingerprint density at radius 1 is 1.45 bits per heavy atom. The Hall–Kier alpha value is -2.09. The lowest BCUT2D eigenvalue weighted by Crippen LogP contribution is -2.14. The molecule has 2 rings (SSSR count). The van der Waals surface area contributed by atoms with E-state index < -0.39 is 15.8 Å². The topological polar surface area (TPSA) is 84.1 Å². The summed E-state index contributed by atoms with van der Waals surface area (Å²) in [6.45, 7) is 3.66. The molecule has 1 aromatic carbocycles. The van der Waals surface area contributed by atoms with Crippen molar-refractivity contribution in [1.29, 1.82) is 0 Å². The van der Waals surface area contributed by atoms with Crippen LogP contribution >= 0.6 is 0 Å². The van der Waals surface area contributed by atoms with E-state index >= 15 is 0 Å². The first-order valence-corrected chi connectivity index (χ1v) is 7.37. The summed E-state index contributed by atoms with van der Waals surface area (Å²) in [7, 11) is -3.82. The summed E-state index contributed by atoms with van der Waals surface area (Å²) in [5.41, 5.74) is 0.167. The maximum atomic E-state index is 13.2. The zero-order chi connectivity index (χ0) is 14.8. The first-order chi connectivity index (χ1) is 9.42. The number of aromatic amines is 1. The van der Waals surface area contributed by atoms with E-state index in [9.17, 15) is 12.8 Å². The lowest BCUT2D eigenvalue weighted by atomic mass is 10.3. The summed E-state index contributed by atoms with van der Waals surface area (Å²) in [5, 5.41) is -0.0678. The van der Waals surface area contributed by atoms with Crippen LogP contribution in [0.15, 0.2) is 29.4 Å². The van der Waals surface area contributed by atoms with Crippen LogP contribution in [0.3, 0.4) is 0 Å². The molecule has 0 unspecified atom stereocenters. The molecule has 1 heterocycles. The van der Waals surface area contributed by atoms with E-state index in [2.05, 4.69) is 14.7 Å². The fraction of sp³-hybridized carbons (Fsp3) is 0.250. The van der Waals surface area contributed by atoms with Gasteiger partial charge in [-0.1, -0.05) is 0 Å². The third-order valence-corrected chi connectivity index (χ3v) is 3.73. The Labute approximate surface area is 116 Å². The minimum atomic E-state index is -3.82. The average molecular weight is 299 g/mol. The molecular formula is C12H14FN3O3S. The van der Waals surface area contributed by atoms with Crippen LogP contribution in [0.4, 0.5) is 10.1 Å². The molecule has 6 nitrogen and oxygen atoms in total. The number of hydrogen-bond donors (Lipinski definition) is 2. The van der Waals surface area contributed by atoms with Crippen molar-refractivity contribution in [3.8, 4) is 5.75 Å². The molecule has 0 fully saturated rings. The van der Waals surface area contributed by atoms with Crippen molar-refractivity contribution < 1.29 is 17.5 Å². The van der Waals surface area contributed by atoms with E-state index in [1.54, 1.807) is 13.8 Å². The Morgan fingerprint density at radius 2 is 2.20 bits per heavy atom. The van der Waals surface area contributed by atoms with Crippen molar-refractivity contribution in [2.75, 3.05) is 11.3 Å². The molecule has 20 heavy (non-hydrogen) atoms. The van der Waals surface area contributed by atoms with Gasteiger partial charge in [0.1, 0.15) is 17.4 Å². The van der Waals surface area contributed by atoms with Gasteiger partial charge >= 0.3 is 0 Å². The number of aryl methyl sites for hydroxylation is 1. The van der Waals surface area contributed by atoms with Crippen molar-refractivity contribution in [2.24, 2.45) is 0 Å². The Morgan fingerprint density at radius 3 is 2.80 bits per heavy atom. The smallest absolute Gasteiger partial charge is 0.279 e. The third kappa shape index (κ3) is 3.08. The van der Waals surface area contributed by atoms with Gasteiger partial charge in [-0.25, -0.2) is 9.37 Å². The summed E-state index contributed by atoms with van der Waals surface area (Å²) in [5.74, 6) is 0.107. The molecule has 0 spiro atoms. The van der Waals surface area contributed by atoms with E-state index in [-0.39, 0.29) is 16.5 Å². The van der Waals surface area contributed by atoms with Crippen LogP contribution in [-0.4, -0.2) is 25.0 Å². The van der Waals surface area contributed by atoms with Gasteiger partial charge in [-0.3, -0.25) is 4.72 Å². The summed E-state index contributed by atoms with van der Waals surface area (Å²) in [6.07, 6.45) is 1.21. The van der Waals surface area contributed by atoms with Gasteiger partial charge in [-0.15, -0.1) is 0 Å². The van der Waals surface area contributed by atoms with Gasteiger partial charge in [-0.05, 0) is 26.0 Å². The standard InChI is InChI=1S/C12H14FN3O3S/c1-3-19-11-6-9(13)4-5-10(11)16-20(17,18)12-7-14-8(2)15-12/h4-7,16H,3H2,1-2H3,(H,14,15). The van der Waals surface area contributed by atoms with Crippen LogP contribution in [0.1, 0.15) is 12.7 Å². The molecule has 0 amide bonds. The number of ether oxygens (including phenoxy) is 1. The van der Waals surface area contributed by atoms with E-state index in [1.807, 2.05) is 0 Å². The second-order valence-corrected chi connectivity index (χ2v) is 5.66. The normalized spacial score (nSPS) is 11.3. The van der Waals surface area contributed by atoms with Crippen molar-refractivity contribution in [1.82, 2.24) is 9.97 Å². The first-order valence-electron chi connectivity index (χ1n) is 5.89. The number of benzene rings is 1. The number of sulfonamides is 1.